The molecule has 0 aliphatic carbocycles. The Kier molecular flexibility index (Phi) is 3.71. The fourth-order valence-electron chi connectivity index (χ4n) is 1.09. The highest BCUT2D eigenvalue weighted by molar-refractivity contribution is 5.96. The van der Waals surface area contributed by atoms with E-state index in [1.807, 2.05) is 18.2 Å². The van der Waals surface area contributed by atoms with Crippen LogP contribution in [0.15, 0.2) is 60.8 Å². The fraction of sp³-hybridized carbons (Fsp3) is 0.0833. The van der Waals surface area contributed by atoms with Gasteiger partial charge in [0, 0.05) is 18.3 Å². The van der Waals surface area contributed by atoms with Gasteiger partial charge in [-0.15, -0.1) is 0 Å². The number of allylic oxidation sites excluding steroid dienone is 1. The summed E-state index contributed by atoms with van der Waals surface area (Å²) in [5, 5.41) is 0. The van der Waals surface area contributed by atoms with E-state index in [0.717, 1.165) is 12.1 Å². The second kappa shape index (κ2) is 5.09. The number of hydrogen-bond donors (Lipinski definition) is 0. The molecule has 0 amide bonds. The van der Waals surface area contributed by atoms with E-state index >= 15 is 0 Å². The molecule has 0 fully saturated rings. The van der Waals surface area contributed by atoms with E-state index in [4.69, 9.17) is 0 Å². The lowest BCUT2D eigenvalue weighted by molar-refractivity contribution is 1.32. The Labute approximate surface area is 79.1 Å². The second-order valence-electron chi connectivity index (χ2n) is 2.67. The second-order valence-corrected chi connectivity index (χ2v) is 2.67. The van der Waals surface area contributed by atoms with Gasteiger partial charge in [0.2, 0.25) is 0 Å². The predicted octanol–water partition coefficient (Wildman–Crippen LogP) is 3.00. The van der Waals surface area contributed by atoms with E-state index in [-0.39, 0.29) is 0 Å². The zero-order valence-corrected chi connectivity index (χ0v) is 7.61. The molecule has 0 unspecified atom stereocenters. The van der Waals surface area contributed by atoms with Crippen LogP contribution in [-0.2, 0) is 6.42 Å². The Morgan fingerprint density at radius 3 is 2.46 bits per heavy atom. The number of nitrogens with zero attached hydrogens (tertiary/aromatic N) is 1. The summed E-state index contributed by atoms with van der Waals surface area (Å²) in [6, 6.07) is 10.2. The van der Waals surface area contributed by atoms with Crippen molar-refractivity contribution >= 4 is 5.71 Å². The van der Waals surface area contributed by atoms with Gasteiger partial charge in [0.05, 0.1) is 0 Å². The first-order valence-corrected chi connectivity index (χ1v) is 4.20. The summed E-state index contributed by atoms with van der Waals surface area (Å²) < 4.78 is 0. The molecule has 13 heavy (non-hydrogen) atoms. The normalized spacial score (nSPS) is 10.9. The van der Waals surface area contributed by atoms with Gasteiger partial charge in [-0.2, -0.15) is 0 Å². The van der Waals surface area contributed by atoms with Crippen molar-refractivity contribution in [2.24, 2.45) is 4.99 Å². The number of benzene rings is 1. The topological polar surface area (TPSA) is 12.4 Å². The van der Waals surface area contributed by atoms with Crippen molar-refractivity contribution in [1.82, 2.24) is 0 Å². The smallest absolute Gasteiger partial charge is 0.0441 e. The average Bonchev–Trinajstić information content (AvgIpc) is 2.19. The van der Waals surface area contributed by atoms with Crippen molar-refractivity contribution in [1.29, 1.82) is 0 Å². The minimum atomic E-state index is 0.816. The van der Waals surface area contributed by atoms with Crippen LogP contribution < -0.4 is 0 Å². The Morgan fingerprint density at radius 1 is 1.23 bits per heavy atom. The molecule has 0 aliphatic rings. The summed E-state index contributed by atoms with van der Waals surface area (Å²) in [6.07, 6.45) is 4.12. The van der Waals surface area contributed by atoms with Gasteiger partial charge in [-0.05, 0) is 11.6 Å². The highest BCUT2D eigenvalue weighted by atomic mass is 14.7. The van der Waals surface area contributed by atoms with Gasteiger partial charge in [-0.3, -0.25) is 4.99 Å². The third kappa shape index (κ3) is 3.08. The Balaban J connectivity index is 2.73. The zero-order valence-electron chi connectivity index (χ0n) is 7.61. The molecule has 1 aromatic rings. The molecule has 0 aliphatic heterocycles. The maximum absolute atomic E-state index is 4.10. The average molecular weight is 171 g/mol. The highest BCUT2D eigenvalue weighted by Crippen LogP contribution is 2.01. The molecule has 0 radical (unpaired) electrons. The number of hydrogen-bond acceptors (Lipinski definition) is 1. The first-order valence-electron chi connectivity index (χ1n) is 4.20. The summed E-state index contributed by atoms with van der Waals surface area (Å²) in [5.41, 5.74) is 2.18. The molecule has 1 nitrogen and oxygen atoms in total. The fourth-order valence-corrected chi connectivity index (χ4v) is 1.09. The van der Waals surface area contributed by atoms with Crippen LogP contribution in [0.25, 0.3) is 0 Å². The number of aliphatic imine (C=N–C) groups is 1. The van der Waals surface area contributed by atoms with Crippen LogP contribution in [0, 0.1) is 0 Å². The highest BCUT2D eigenvalue weighted by Gasteiger charge is 1.94. The van der Waals surface area contributed by atoms with Crippen LogP contribution in [-0.4, -0.2) is 5.71 Å². The standard InChI is InChI=1S/C12H13N/c1-3-12(13-4-2)10-11-8-6-5-7-9-11/h3-9H,1-2,10H2. The molecular weight excluding hydrogens is 158 g/mol. The molecule has 0 heterocycles. The summed E-state index contributed by atoms with van der Waals surface area (Å²) >= 11 is 0. The van der Waals surface area contributed by atoms with Crippen molar-refractivity contribution in [3.63, 3.8) is 0 Å². The summed E-state index contributed by atoms with van der Waals surface area (Å²) in [4.78, 5) is 4.10. The van der Waals surface area contributed by atoms with Crippen LogP contribution in [0.2, 0.25) is 0 Å². The van der Waals surface area contributed by atoms with Crippen molar-refractivity contribution in [2.45, 2.75) is 6.42 Å². The molecular formula is C12H13N. The van der Waals surface area contributed by atoms with Crippen molar-refractivity contribution in [3.8, 4) is 0 Å². The first kappa shape index (κ1) is 9.46. The van der Waals surface area contributed by atoms with E-state index in [2.05, 4.69) is 30.3 Å². The first-order chi connectivity index (χ1) is 6.36. The lowest BCUT2D eigenvalue weighted by Gasteiger charge is -1.99. The minimum Gasteiger partial charge on any atom is -0.262 e. The molecule has 0 bridgehead atoms. The van der Waals surface area contributed by atoms with E-state index in [0.29, 0.717) is 0 Å². The van der Waals surface area contributed by atoms with Crippen LogP contribution >= 0.6 is 0 Å². The van der Waals surface area contributed by atoms with Crippen molar-refractivity contribution in [2.75, 3.05) is 0 Å². The van der Waals surface area contributed by atoms with Crippen molar-refractivity contribution in [3.05, 3.63) is 61.3 Å². The van der Waals surface area contributed by atoms with Gasteiger partial charge >= 0.3 is 0 Å². The zero-order chi connectivity index (χ0) is 9.52. The molecule has 66 valence electrons. The lowest BCUT2D eigenvalue weighted by atomic mass is 10.1. The van der Waals surface area contributed by atoms with Gasteiger partial charge < -0.3 is 0 Å². The molecule has 0 N–H and O–H groups in total. The molecule has 0 aromatic heterocycles. The molecule has 1 aromatic carbocycles. The molecule has 1 rings (SSSR count). The predicted molar refractivity (Wildman–Crippen MR) is 58.0 cm³/mol. The molecule has 0 spiro atoms. The third-order valence-corrected chi connectivity index (χ3v) is 1.72. The van der Waals surface area contributed by atoms with Gasteiger partial charge in [0.15, 0.2) is 0 Å². The Hall–Kier alpha value is -1.63. The van der Waals surface area contributed by atoms with Gasteiger partial charge in [-0.1, -0.05) is 43.5 Å². The van der Waals surface area contributed by atoms with Crippen LogP contribution in [0.1, 0.15) is 5.56 Å². The van der Waals surface area contributed by atoms with E-state index in [9.17, 15) is 0 Å². The SMILES string of the molecule is C=CN=C(C=C)Cc1ccccc1. The Morgan fingerprint density at radius 2 is 1.92 bits per heavy atom. The molecule has 0 atom stereocenters. The number of rotatable bonds is 4. The monoisotopic (exact) mass is 171 g/mol. The molecule has 0 saturated heterocycles. The van der Waals surface area contributed by atoms with Crippen LogP contribution in [0.5, 0.6) is 0 Å². The van der Waals surface area contributed by atoms with E-state index in [1.165, 1.54) is 5.56 Å². The quantitative estimate of drug-likeness (QED) is 0.617. The Bertz CT molecular complexity index is 309. The van der Waals surface area contributed by atoms with Crippen molar-refractivity contribution < 1.29 is 0 Å². The third-order valence-electron chi connectivity index (χ3n) is 1.72. The van der Waals surface area contributed by atoms with Gasteiger partial charge in [0.1, 0.15) is 0 Å². The van der Waals surface area contributed by atoms with Gasteiger partial charge in [0.25, 0.3) is 0 Å². The maximum atomic E-state index is 4.10. The van der Waals surface area contributed by atoms with Crippen LogP contribution in [0.4, 0.5) is 0 Å². The maximum Gasteiger partial charge on any atom is 0.0441 e. The minimum absolute atomic E-state index is 0.816. The van der Waals surface area contributed by atoms with E-state index < -0.39 is 0 Å². The van der Waals surface area contributed by atoms with Gasteiger partial charge in [-0.25, -0.2) is 0 Å². The molecule has 1 heteroatoms. The lowest BCUT2D eigenvalue weighted by Crippen LogP contribution is -1.97. The summed E-state index contributed by atoms with van der Waals surface area (Å²) in [5.74, 6) is 0. The summed E-state index contributed by atoms with van der Waals surface area (Å²) in [7, 11) is 0. The largest absolute Gasteiger partial charge is 0.262 e. The summed E-state index contributed by atoms with van der Waals surface area (Å²) in [6.45, 7) is 7.25. The van der Waals surface area contributed by atoms with E-state index in [1.54, 1.807) is 12.3 Å². The molecule has 0 saturated carbocycles. The van der Waals surface area contributed by atoms with Crippen LogP contribution in [0.3, 0.4) is 0 Å².